The SMILES string of the molecule is CCOC(=O)[C@]1(CCSC)N[C@H](c2cccc(F)c2)[C@H]2C(=O)N(C)C(=O)[C@H]21. The summed E-state index contributed by atoms with van der Waals surface area (Å²) in [6.45, 7) is 1.87. The number of nitrogens with one attached hydrogen (secondary N) is 1. The highest BCUT2D eigenvalue weighted by molar-refractivity contribution is 7.98. The smallest absolute Gasteiger partial charge is 0.327 e. The molecule has 6 nitrogen and oxygen atoms in total. The summed E-state index contributed by atoms with van der Waals surface area (Å²) in [6.07, 6.45) is 2.25. The first-order chi connectivity index (χ1) is 12.9. The lowest BCUT2D eigenvalue weighted by atomic mass is 9.78. The van der Waals surface area contributed by atoms with Crippen molar-refractivity contribution < 1.29 is 23.5 Å². The number of hydrogen-bond donors (Lipinski definition) is 1. The van der Waals surface area contributed by atoms with Gasteiger partial charge in [0.2, 0.25) is 11.8 Å². The van der Waals surface area contributed by atoms with Crippen LogP contribution < -0.4 is 5.32 Å². The summed E-state index contributed by atoms with van der Waals surface area (Å²) in [5.41, 5.74) is -0.769. The Hall–Kier alpha value is -1.93. The highest BCUT2D eigenvalue weighted by Gasteiger charge is 2.67. The monoisotopic (exact) mass is 394 g/mol. The van der Waals surface area contributed by atoms with Gasteiger partial charge in [-0.15, -0.1) is 0 Å². The third-order valence-electron chi connectivity index (χ3n) is 5.42. The third kappa shape index (κ3) is 3.14. The number of carbonyl (C=O) groups is 3. The third-order valence-corrected chi connectivity index (χ3v) is 6.03. The molecule has 1 aromatic rings. The molecule has 3 rings (SSSR count). The topological polar surface area (TPSA) is 75.7 Å². The number of thioether (sulfide) groups is 1. The molecule has 8 heteroatoms. The zero-order valence-corrected chi connectivity index (χ0v) is 16.3. The molecule has 1 N–H and O–H groups in total. The Bertz CT molecular complexity index is 774. The lowest BCUT2D eigenvalue weighted by Crippen LogP contribution is -2.56. The van der Waals surface area contributed by atoms with Crippen molar-refractivity contribution in [3.63, 3.8) is 0 Å². The Morgan fingerprint density at radius 2 is 2.11 bits per heavy atom. The van der Waals surface area contributed by atoms with Crippen molar-refractivity contribution in [3.8, 4) is 0 Å². The Balaban J connectivity index is 2.12. The second kappa shape index (κ2) is 7.59. The zero-order valence-electron chi connectivity index (χ0n) is 15.5. The predicted octanol–water partition coefficient (Wildman–Crippen LogP) is 1.76. The van der Waals surface area contributed by atoms with Gasteiger partial charge in [0.25, 0.3) is 0 Å². The summed E-state index contributed by atoms with van der Waals surface area (Å²) < 4.78 is 19.1. The van der Waals surface area contributed by atoms with E-state index in [1.807, 2.05) is 6.26 Å². The van der Waals surface area contributed by atoms with Crippen LogP contribution in [0, 0.1) is 17.7 Å². The first-order valence-electron chi connectivity index (χ1n) is 8.88. The minimum absolute atomic E-state index is 0.168. The van der Waals surface area contributed by atoms with E-state index in [0.29, 0.717) is 17.7 Å². The zero-order chi connectivity index (χ0) is 19.8. The van der Waals surface area contributed by atoms with Gasteiger partial charge in [-0.1, -0.05) is 12.1 Å². The number of hydrogen-bond acceptors (Lipinski definition) is 6. The van der Waals surface area contributed by atoms with Crippen LogP contribution in [0.25, 0.3) is 0 Å². The summed E-state index contributed by atoms with van der Waals surface area (Å²) in [4.78, 5) is 39.8. The minimum atomic E-state index is -1.31. The molecule has 0 bridgehead atoms. The molecule has 0 saturated carbocycles. The maximum Gasteiger partial charge on any atom is 0.327 e. The van der Waals surface area contributed by atoms with Gasteiger partial charge >= 0.3 is 5.97 Å². The number of ether oxygens (including phenoxy) is 1. The molecular formula is C19H23FN2O4S. The molecular weight excluding hydrogens is 371 g/mol. The summed E-state index contributed by atoms with van der Waals surface area (Å²) in [5.74, 6) is -2.76. The molecule has 2 aliphatic rings. The fourth-order valence-corrected chi connectivity index (χ4v) is 4.70. The highest BCUT2D eigenvalue weighted by Crippen LogP contribution is 2.50. The van der Waals surface area contributed by atoms with E-state index in [1.165, 1.54) is 19.2 Å². The van der Waals surface area contributed by atoms with Crippen molar-refractivity contribution in [3.05, 3.63) is 35.6 Å². The number of nitrogens with zero attached hydrogens (tertiary/aromatic N) is 1. The Labute approximate surface area is 161 Å². The fraction of sp³-hybridized carbons (Fsp3) is 0.526. The van der Waals surface area contributed by atoms with Crippen LogP contribution in [0.3, 0.4) is 0 Å². The number of likely N-dealkylation sites (tertiary alicyclic amines) is 1. The number of halogens is 1. The molecule has 2 fully saturated rings. The van der Waals surface area contributed by atoms with Gasteiger partial charge < -0.3 is 4.74 Å². The van der Waals surface area contributed by atoms with Crippen LogP contribution in [-0.4, -0.2) is 53.9 Å². The van der Waals surface area contributed by atoms with Gasteiger partial charge in [-0.3, -0.25) is 24.6 Å². The number of imide groups is 1. The first-order valence-corrected chi connectivity index (χ1v) is 10.3. The van der Waals surface area contributed by atoms with Crippen LogP contribution in [0.4, 0.5) is 4.39 Å². The number of benzene rings is 1. The van der Waals surface area contributed by atoms with E-state index < -0.39 is 41.1 Å². The second-order valence-corrected chi connectivity index (χ2v) is 7.84. The molecule has 2 saturated heterocycles. The van der Waals surface area contributed by atoms with Crippen LogP contribution >= 0.6 is 11.8 Å². The molecule has 27 heavy (non-hydrogen) atoms. The maximum atomic E-state index is 13.8. The van der Waals surface area contributed by atoms with Crippen molar-refractivity contribution in [2.24, 2.45) is 11.8 Å². The lowest BCUT2D eigenvalue weighted by molar-refractivity contribution is -0.156. The average Bonchev–Trinajstić information content (AvgIpc) is 3.11. The van der Waals surface area contributed by atoms with Gasteiger partial charge in [-0.2, -0.15) is 11.8 Å². The highest BCUT2D eigenvalue weighted by atomic mass is 32.2. The van der Waals surface area contributed by atoms with Crippen LogP contribution in [0.15, 0.2) is 24.3 Å². The Morgan fingerprint density at radius 1 is 1.37 bits per heavy atom. The number of rotatable bonds is 6. The van der Waals surface area contributed by atoms with Crippen LogP contribution in [0.1, 0.15) is 24.9 Å². The molecule has 0 radical (unpaired) electrons. The van der Waals surface area contributed by atoms with E-state index in [-0.39, 0.29) is 12.5 Å². The minimum Gasteiger partial charge on any atom is -0.465 e. The van der Waals surface area contributed by atoms with E-state index >= 15 is 0 Å². The van der Waals surface area contributed by atoms with Crippen molar-refractivity contribution in [1.29, 1.82) is 0 Å². The number of fused-ring (bicyclic) bond motifs is 1. The van der Waals surface area contributed by atoms with Gasteiger partial charge in [0, 0.05) is 13.1 Å². The molecule has 146 valence electrons. The van der Waals surface area contributed by atoms with E-state index in [9.17, 15) is 18.8 Å². The van der Waals surface area contributed by atoms with Crippen molar-refractivity contribution >= 4 is 29.5 Å². The van der Waals surface area contributed by atoms with E-state index in [2.05, 4.69) is 5.32 Å². The van der Waals surface area contributed by atoms with Crippen molar-refractivity contribution in [1.82, 2.24) is 10.2 Å². The maximum absolute atomic E-state index is 13.8. The van der Waals surface area contributed by atoms with Crippen LogP contribution in [0.2, 0.25) is 0 Å². The van der Waals surface area contributed by atoms with Gasteiger partial charge in [-0.05, 0) is 43.0 Å². The molecule has 0 unspecified atom stereocenters. The van der Waals surface area contributed by atoms with Crippen molar-refractivity contribution in [2.75, 3.05) is 25.7 Å². The molecule has 4 atom stereocenters. The molecule has 2 amide bonds. The van der Waals surface area contributed by atoms with Crippen molar-refractivity contribution in [2.45, 2.75) is 24.9 Å². The molecule has 2 aliphatic heterocycles. The molecule has 0 aliphatic carbocycles. The van der Waals surface area contributed by atoms with E-state index in [0.717, 1.165) is 4.90 Å². The molecule has 0 aromatic heterocycles. The van der Waals surface area contributed by atoms with E-state index in [1.54, 1.807) is 30.8 Å². The van der Waals surface area contributed by atoms with E-state index in [4.69, 9.17) is 4.74 Å². The summed E-state index contributed by atoms with van der Waals surface area (Å²) >= 11 is 1.54. The normalized spacial score (nSPS) is 29.9. The quantitative estimate of drug-likeness (QED) is 0.585. The first kappa shape index (κ1) is 19.8. The van der Waals surface area contributed by atoms with Gasteiger partial charge in [-0.25, -0.2) is 4.39 Å². The predicted molar refractivity (Wildman–Crippen MR) is 99.4 cm³/mol. The molecule has 2 heterocycles. The van der Waals surface area contributed by atoms with Crippen LogP contribution in [-0.2, 0) is 19.1 Å². The van der Waals surface area contributed by atoms with Gasteiger partial charge in [0.05, 0.1) is 18.4 Å². The molecule has 1 aromatic carbocycles. The largest absolute Gasteiger partial charge is 0.465 e. The van der Waals surface area contributed by atoms with Crippen LogP contribution in [0.5, 0.6) is 0 Å². The molecule has 0 spiro atoms. The second-order valence-electron chi connectivity index (χ2n) is 6.85. The standard InChI is InChI=1S/C19H23FN2O4S/c1-4-26-18(25)19(8-9-27-3)14-13(16(23)22(2)17(14)24)15(21-19)11-6-5-7-12(20)10-11/h5-7,10,13-15,21H,4,8-9H2,1-3H3/t13-,14-,15+,19+/m0/s1. The number of amides is 2. The lowest BCUT2D eigenvalue weighted by Gasteiger charge is -2.32. The number of esters is 1. The Kier molecular flexibility index (Phi) is 5.58. The average molecular weight is 394 g/mol. The summed E-state index contributed by atoms with van der Waals surface area (Å²) in [7, 11) is 1.43. The Morgan fingerprint density at radius 3 is 2.74 bits per heavy atom. The van der Waals surface area contributed by atoms with Gasteiger partial charge in [0.1, 0.15) is 11.4 Å². The summed E-state index contributed by atoms with van der Waals surface area (Å²) in [5, 5.41) is 3.23. The summed E-state index contributed by atoms with van der Waals surface area (Å²) in [6, 6.07) is 5.26. The fourth-order valence-electron chi connectivity index (χ4n) is 4.18. The number of carbonyl (C=O) groups excluding carboxylic acids is 3. The van der Waals surface area contributed by atoms with Gasteiger partial charge in [0.15, 0.2) is 0 Å².